The molecule has 0 unspecified atom stereocenters. The van der Waals surface area contributed by atoms with Crippen LogP contribution < -0.4 is 0 Å². The molecule has 0 aromatic carbocycles. The Labute approximate surface area is 158 Å². The molecule has 0 radical (unpaired) electrons. The summed E-state index contributed by atoms with van der Waals surface area (Å²) in [5.41, 5.74) is 0. The van der Waals surface area contributed by atoms with Crippen LogP contribution in [0.25, 0.3) is 31.7 Å². The van der Waals surface area contributed by atoms with Gasteiger partial charge in [0.2, 0.25) is 0 Å². The molecule has 24 heavy (non-hydrogen) atoms. The zero-order valence-corrected chi connectivity index (χ0v) is 16.7. The van der Waals surface area contributed by atoms with Crippen LogP contribution in [0.15, 0.2) is 48.5 Å². The number of rotatable bonds is 4. The molecule has 0 nitrogen and oxygen atoms in total. The highest BCUT2D eigenvalue weighted by atomic mass is 32.1. The summed E-state index contributed by atoms with van der Waals surface area (Å²) in [5.74, 6) is 0. The number of hydrogen-bond donors (Lipinski definition) is 0. The lowest BCUT2D eigenvalue weighted by atomic mass is 10.3. The molecule has 0 saturated carbocycles. The SMILES string of the molecule is Cc1ccc(-c2ccc(/C=C/c3ccc(-c4ccc(C)s4)s3)s2)s1. The van der Waals surface area contributed by atoms with Crippen molar-refractivity contribution in [1.29, 1.82) is 0 Å². The van der Waals surface area contributed by atoms with Crippen LogP contribution in [0.2, 0.25) is 0 Å². The van der Waals surface area contributed by atoms with Crippen LogP contribution >= 0.6 is 45.3 Å². The van der Waals surface area contributed by atoms with Crippen molar-refractivity contribution in [3.05, 3.63) is 68.0 Å². The van der Waals surface area contributed by atoms with Crippen LogP contribution in [-0.2, 0) is 0 Å². The fourth-order valence-electron chi connectivity index (χ4n) is 2.45. The second-order valence-corrected chi connectivity index (χ2v) is 10.4. The second kappa shape index (κ2) is 6.81. The first-order valence-corrected chi connectivity index (χ1v) is 11.0. The highest BCUT2D eigenvalue weighted by Crippen LogP contribution is 2.36. The molecular formula is C20H16S4. The van der Waals surface area contributed by atoms with Crippen LogP contribution in [0.5, 0.6) is 0 Å². The summed E-state index contributed by atoms with van der Waals surface area (Å²) in [5, 5.41) is 0. The topological polar surface area (TPSA) is 0 Å². The van der Waals surface area contributed by atoms with Crippen molar-refractivity contribution in [2.45, 2.75) is 13.8 Å². The minimum absolute atomic E-state index is 1.30. The second-order valence-electron chi connectivity index (χ2n) is 5.56. The van der Waals surface area contributed by atoms with Gasteiger partial charge in [0.1, 0.15) is 0 Å². The predicted molar refractivity (Wildman–Crippen MR) is 114 cm³/mol. The Kier molecular flexibility index (Phi) is 4.55. The van der Waals surface area contributed by atoms with Crippen molar-refractivity contribution >= 4 is 57.5 Å². The van der Waals surface area contributed by atoms with Gasteiger partial charge in [0.05, 0.1) is 0 Å². The largest absolute Gasteiger partial charge is 0.140 e. The van der Waals surface area contributed by atoms with Crippen molar-refractivity contribution in [2.24, 2.45) is 0 Å². The van der Waals surface area contributed by atoms with Crippen molar-refractivity contribution in [3.8, 4) is 19.5 Å². The molecular weight excluding hydrogens is 368 g/mol. The molecule has 4 aromatic rings. The molecule has 0 saturated heterocycles. The average Bonchev–Trinajstić information content (AvgIpc) is 3.32. The van der Waals surface area contributed by atoms with E-state index in [1.807, 2.05) is 45.3 Å². The van der Waals surface area contributed by atoms with E-state index in [0.29, 0.717) is 0 Å². The standard InChI is InChI=1S/C20H16S4/c1-13-3-9-17(21-13)19-11-7-15(23-19)5-6-16-8-12-20(24-16)18-10-4-14(2)22-18/h3-12H,1-2H3/b6-5+. The van der Waals surface area contributed by atoms with Crippen molar-refractivity contribution < 1.29 is 0 Å². The van der Waals surface area contributed by atoms with E-state index >= 15 is 0 Å². The Balaban J connectivity index is 1.51. The summed E-state index contributed by atoms with van der Waals surface area (Å²) in [6, 6.07) is 17.7. The van der Waals surface area contributed by atoms with Gasteiger partial charge in [0.25, 0.3) is 0 Å². The lowest BCUT2D eigenvalue weighted by Gasteiger charge is -1.89. The number of hydrogen-bond acceptors (Lipinski definition) is 4. The van der Waals surface area contributed by atoms with Crippen LogP contribution in [0.3, 0.4) is 0 Å². The molecule has 4 heterocycles. The summed E-state index contributed by atoms with van der Waals surface area (Å²) < 4.78 is 0. The van der Waals surface area contributed by atoms with E-state index in [1.54, 1.807) is 0 Å². The summed E-state index contributed by atoms with van der Waals surface area (Å²) in [6.45, 7) is 4.32. The van der Waals surface area contributed by atoms with E-state index in [0.717, 1.165) is 0 Å². The lowest BCUT2D eigenvalue weighted by Crippen LogP contribution is -1.58. The zero-order chi connectivity index (χ0) is 16.5. The van der Waals surface area contributed by atoms with E-state index in [4.69, 9.17) is 0 Å². The molecule has 0 spiro atoms. The maximum Gasteiger partial charge on any atom is 0.0449 e. The third-order valence-electron chi connectivity index (χ3n) is 3.63. The molecule has 4 heteroatoms. The van der Waals surface area contributed by atoms with Crippen LogP contribution in [0.1, 0.15) is 19.5 Å². The van der Waals surface area contributed by atoms with E-state index in [2.05, 4.69) is 74.5 Å². The van der Waals surface area contributed by atoms with Crippen LogP contribution in [-0.4, -0.2) is 0 Å². The van der Waals surface area contributed by atoms with Gasteiger partial charge >= 0.3 is 0 Å². The number of thiophene rings is 4. The molecule has 0 N–H and O–H groups in total. The average molecular weight is 385 g/mol. The maximum absolute atomic E-state index is 2.23. The number of aryl methyl sites for hydroxylation is 2. The van der Waals surface area contributed by atoms with Gasteiger partial charge in [-0.25, -0.2) is 0 Å². The molecule has 120 valence electrons. The third-order valence-corrected chi connectivity index (χ3v) is 8.13. The highest BCUT2D eigenvalue weighted by Gasteiger charge is 2.05. The predicted octanol–water partition coefficient (Wildman–Crippen LogP) is 8.05. The first kappa shape index (κ1) is 16.0. The smallest absolute Gasteiger partial charge is 0.0449 e. The highest BCUT2D eigenvalue weighted by molar-refractivity contribution is 7.23. The van der Waals surface area contributed by atoms with Gasteiger partial charge in [0.15, 0.2) is 0 Å². The molecule has 4 rings (SSSR count). The lowest BCUT2D eigenvalue weighted by molar-refractivity contribution is 1.64. The fraction of sp³-hybridized carbons (Fsp3) is 0.100. The van der Waals surface area contributed by atoms with Gasteiger partial charge in [-0.05, 0) is 74.5 Å². The van der Waals surface area contributed by atoms with Gasteiger partial charge in [0, 0.05) is 39.0 Å². The minimum atomic E-state index is 1.30. The Morgan fingerprint density at radius 2 is 0.875 bits per heavy atom. The van der Waals surface area contributed by atoms with Gasteiger partial charge in [-0.15, -0.1) is 45.3 Å². The molecule has 0 fully saturated rings. The van der Waals surface area contributed by atoms with Crippen LogP contribution in [0.4, 0.5) is 0 Å². The van der Waals surface area contributed by atoms with Gasteiger partial charge in [-0.3, -0.25) is 0 Å². The zero-order valence-electron chi connectivity index (χ0n) is 13.4. The van der Waals surface area contributed by atoms with Gasteiger partial charge < -0.3 is 0 Å². The Morgan fingerprint density at radius 1 is 0.500 bits per heavy atom. The third kappa shape index (κ3) is 3.47. The van der Waals surface area contributed by atoms with E-state index < -0.39 is 0 Å². The Hall–Kier alpha value is -1.46. The Morgan fingerprint density at radius 3 is 1.25 bits per heavy atom. The molecule has 0 aliphatic carbocycles. The quantitative estimate of drug-likeness (QED) is 0.334. The van der Waals surface area contributed by atoms with E-state index in [1.165, 1.54) is 39.0 Å². The van der Waals surface area contributed by atoms with Gasteiger partial charge in [-0.2, -0.15) is 0 Å². The van der Waals surface area contributed by atoms with Crippen LogP contribution in [0, 0.1) is 13.8 Å². The molecule has 0 aliphatic heterocycles. The molecule has 0 bridgehead atoms. The van der Waals surface area contributed by atoms with Crippen molar-refractivity contribution in [3.63, 3.8) is 0 Å². The monoisotopic (exact) mass is 384 g/mol. The summed E-state index contributed by atoms with van der Waals surface area (Å²) in [7, 11) is 0. The summed E-state index contributed by atoms with van der Waals surface area (Å²) >= 11 is 7.43. The minimum Gasteiger partial charge on any atom is -0.140 e. The van der Waals surface area contributed by atoms with E-state index in [-0.39, 0.29) is 0 Å². The summed E-state index contributed by atoms with van der Waals surface area (Å²) in [6.07, 6.45) is 4.45. The van der Waals surface area contributed by atoms with Crippen molar-refractivity contribution in [1.82, 2.24) is 0 Å². The normalized spacial score (nSPS) is 11.6. The van der Waals surface area contributed by atoms with E-state index in [9.17, 15) is 0 Å². The Bertz CT molecular complexity index is 910. The molecule has 0 atom stereocenters. The summed E-state index contributed by atoms with van der Waals surface area (Å²) in [4.78, 5) is 10.8. The van der Waals surface area contributed by atoms with Crippen molar-refractivity contribution in [2.75, 3.05) is 0 Å². The first-order valence-electron chi connectivity index (χ1n) is 7.69. The maximum atomic E-state index is 2.23. The fourth-order valence-corrected chi connectivity index (χ4v) is 6.18. The molecule has 4 aromatic heterocycles. The van der Waals surface area contributed by atoms with Gasteiger partial charge in [-0.1, -0.05) is 0 Å². The molecule has 0 aliphatic rings. The first-order chi connectivity index (χ1) is 11.7. The molecule has 0 amide bonds.